The highest BCUT2D eigenvalue weighted by molar-refractivity contribution is 5.60. The van der Waals surface area contributed by atoms with Gasteiger partial charge < -0.3 is 10.6 Å². The lowest BCUT2D eigenvalue weighted by atomic mass is 10.1. The van der Waals surface area contributed by atoms with Crippen molar-refractivity contribution in [3.63, 3.8) is 0 Å². The molecule has 1 aliphatic rings. The molecule has 1 aliphatic carbocycles. The second kappa shape index (κ2) is 8.02. The minimum Gasteiger partial charge on any atom is -0.368 e. The van der Waals surface area contributed by atoms with Crippen LogP contribution in [-0.4, -0.2) is 41.7 Å². The molecule has 0 saturated heterocycles. The summed E-state index contributed by atoms with van der Waals surface area (Å²) in [5.41, 5.74) is 2.91. The maximum Gasteiger partial charge on any atom is 0.435 e. The Kier molecular flexibility index (Phi) is 5.56. The van der Waals surface area contributed by atoms with Crippen LogP contribution >= 0.6 is 0 Å². The first-order valence-electron chi connectivity index (χ1n) is 9.58. The van der Waals surface area contributed by atoms with Gasteiger partial charge in [0, 0.05) is 37.0 Å². The zero-order valence-corrected chi connectivity index (χ0v) is 16.8. The lowest BCUT2D eigenvalue weighted by Crippen LogP contribution is -2.32. The summed E-state index contributed by atoms with van der Waals surface area (Å²) < 4.78 is 107. The standard InChI is InChI=1S/C18H14F8N8/c19-16(20)4-1-10(8-16)34(9-2-5-28-12(7-9)18(24,25)26)15-30-13(27)29-14(31-15)33-6-3-11(32-33)17(21,22)23/h2-3,5-7,10H,1,4,8H2,(H2,27,29,30,31). The summed E-state index contributed by atoms with van der Waals surface area (Å²) in [7, 11) is 0. The van der Waals surface area contributed by atoms with Gasteiger partial charge in [-0.25, -0.2) is 13.5 Å². The fraction of sp³-hybridized carbons (Fsp3) is 0.389. The van der Waals surface area contributed by atoms with E-state index in [-0.39, 0.29) is 12.1 Å². The second-order valence-corrected chi connectivity index (χ2v) is 7.46. The van der Waals surface area contributed by atoms with Crippen LogP contribution in [0.1, 0.15) is 30.7 Å². The first-order chi connectivity index (χ1) is 15.7. The monoisotopic (exact) mass is 494 g/mol. The Morgan fingerprint density at radius 2 is 1.71 bits per heavy atom. The largest absolute Gasteiger partial charge is 0.435 e. The molecule has 3 heterocycles. The summed E-state index contributed by atoms with van der Waals surface area (Å²) in [6.45, 7) is 0. The number of rotatable bonds is 4. The normalized spacial score (nSPS) is 18.3. The number of pyridine rings is 1. The Hall–Kier alpha value is -3.59. The molecule has 8 nitrogen and oxygen atoms in total. The fourth-order valence-electron chi connectivity index (χ4n) is 3.53. The Bertz CT molecular complexity index is 1190. The van der Waals surface area contributed by atoms with Crippen LogP contribution in [0.3, 0.4) is 0 Å². The molecule has 2 N–H and O–H groups in total. The lowest BCUT2D eigenvalue weighted by Gasteiger charge is -2.29. The van der Waals surface area contributed by atoms with Crippen LogP contribution in [0.2, 0.25) is 0 Å². The fourth-order valence-corrected chi connectivity index (χ4v) is 3.53. The molecular formula is C18H14F8N8. The number of nitrogens with zero attached hydrogens (tertiary/aromatic N) is 7. The molecule has 0 aliphatic heterocycles. The van der Waals surface area contributed by atoms with E-state index in [1.165, 1.54) is 0 Å². The van der Waals surface area contributed by atoms with Crippen molar-refractivity contribution in [2.24, 2.45) is 0 Å². The molecule has 16 heteroatoms. The second-order valence-electron chi connectivity index (χ2n) is 7.46. The van der Waals surface area contributed by atoms with E-state index in [1.807, 2.05) is 0 Å². The Balaban J connectivity index is 1.82. The predicted octanol–water partition coefficient (Wildman–Crippen LogP) is 4.40. The van der Waals surface area contributed by atoms with Crippen molar-refractivity contribution in [1.82, 2.24) is 29.7 Å². The molecule has 4 rings (SSSR count). The van der Waals surface area contributed by atoms with Gasteiger partial charge in [-0.1, -0.05) is 0 Å². The molecule has 0 spiro atoms. The number of nitrogen functional groups attached to an aromatic ring is 1. The zero-order valence-electron chi connectivity index (χ0n) is 16.8. The molecular weight excluding hydrogens is 480 g/mol. The first-order valence-corrected chi connectivity index (χ1v) is 9.58. The molecule has 3 aromatic rings. The van der Waals surface area contributed by atoms with Gasteiger partial charge in [-0.05, 0) is 24.6 Å². The summed E-state index contributed by atoms with van der Waals surface area (Å²) in [4.78, 5) is 15.8. The van der Waals surface area contributed by atoms with Gasteiger partial charge in [0.25, 0.3) is 5.95 Å². The Labute approximate surface area is 185 Å². The number of hydrogen-bond acceptors (Lipinski definition) is 7. The van der Waals surface area contributed by atoms with Gasteiger partial charge in [0.15, 0.2) is 5.69 Å². The molecule has 1 unspecified atom stereocenters. The number of hydrogen-bond donors (Lipinski definition) is 1. The van der Waals surface area contributed by atoms with Gasteiger partial charge in [-0.2, -0.15) is 46.4 Å². The SMILES string of the molecule is Nc1nc(N(c2ccnc(C(F)(F)F)c2)C2CCC(F)(F)C2)nc(-n2ccc(C(F)(F)F)n2)n1. The van der Waals surface area contributed by atoms with Gasteiger partial charge in [-0.3, -0.25) is 4.98 Å². The highest BCUT2D eigenvalue weighted by atomic mass is 19.4. The van der Waals surface area contributed by atoms with Crippen molar-refractivity contribution in [1.29, 1.82) is 0 Å². The average molecular weight is 494 g/mol. The van der Waals surface area contributed by atoms with Crippen molar-refractivity contribution in [2.75, 3.05) is 10.6 Å². The number of halogens is 8. The van der Waals surface area contributed by atoms with Crippen molar-refractivity contribution >= 4 is 17.6 Å². The van der Waals surface area contributed by atoms with E-state index in [0.29, 0.717) is 16.8 Å². The topological polar surface area (TPSA) is 98.6 Å². The van der Waals surface area contributed by atoms with Crippen molar-refractivity contribution in [3.8, 4) is 5.95 Å². The van der Waals surface area contributed by atoms with Crippen LogP contribution in [-0.2, 0) is 12.4 Å². The number of aromatic nitrogens is 6. The van der Waals surface area contributed by atoms with Crippen LogP contribution < -0.4 is 10.6 Å². The Morgan fingerprint density at radius 3 is 2.29 bits per heavy atom. The molecule has 1 atom stereocenters. The molecule has 0 radical (unpaired) electrons. The summed E-state index contributed by atoms with van der Waals surface area (Å²) in [6.07, 6.45) is -9.24. The van der Waals surface area contributed by atoms with Crippen molar-refractivity contribution in [3.05, 3.63) is 42.0 Å². The quantitative estimate of drug-likeness (QED) is 0.537. The van der Waals surface area contributed by atoms with Gasteiger partial charge in [0.1, 0.15) is 5.69 Å². The maximum atomic E-state index is 14.0. The third kappa shape index (κ3) is 4.84. The third-order valence-electron chi connectivity index (χ3n) is 4.98. The molecule has 0 amide bonds. The molecule has 1 saturated carbocycles. The minimum atomic E-state index is -4.83. The summed E-state index contributed by atoms with van der Waals surface area (Å²) >= 11 is 0. The van der Waals surface area contributed by atoms with Crippen LogP contribution in [0.5, 0.6) is 0 Å². The number of nitrogens with two attached hydrogens (primary N) is 1. The molecule has 0 aromatic carbocycles. The van der Waals surface area contributed by atoms with E-state index in [4.69, 9.17) is 5.73 Å². The smallest absolute Gasteiger partial charge is 0.368 e. The molecule has 0 bridgehead atoms. The number of anilines is 3. The van der Waals surface area contributed by atoms with Crippen molar-refractivity contribution < 1.29 is 35.1 Å². The third-order valence-corrected chi connectivity index (χ3v) is 4.98. The van der Waals surface area contributed by atoms with Gasteiger partial charge in [0.2, 0.25) is 17.8 Å². The van der Waals surface area contributed by atoms with E-state index in [0.717, 1.165) is 23.4 Å². The van der Waals surface area contributed by atoms with Crippen LogP contribution in [0, 0.1) is 0 Å². The minimum absolute atomic E-state index is 0.127. The average Bonchev–Trinajstić information content (AvgIpc) is 3.34. The summed E-state index contributed by atoms with van der Waals surface area (Å²) in [5, 5.41) is 3.32. The highest BCUT2D eigenvalue weighted by Gasteiger charge is 2.44. The van der Waals surface area contributed by atoms with E-state index >= 15 is 0 Å². The van der Waals surface area contributed by atoms with Crippen molar-refractivity contribution in [2.45, 2.75) is 43.6 Å². The van der Waals surface area contributed by atoms with E-state index in [9.17, 15) is 35.1 Å². The predicted molar refractivity (Wildman–Crippen MR) is 100 cm³/mol. The summed E-state index contributed by atoms with van der Waals surface area (Å²) in [5.74, 6) is -4.52. The lowest BCUT2D eigenvalue weighted by molar-refractivity contribution is -0.142. The van der Waals surface area contributed by atoms with Crippen LogP contribution in [0.25, 0.3) is 5.95 Å². The number of alkyl halides is 8. The zero-order chi connectivity index (χ0) is 24.9. The Morgan fingerprint density at radius 1 is 1.00 bits per heavy atom. The molecule has 3 aromatic heterocycles. The van der Waals surface area contributed by atoms with Gasteiger partial charge in [-0.15, -0.1) is 0 Å². The van der Waals surface area contributed by atoms with Crippen LogP contribution in [0.15, 0.2) is 30.6 Å². The highest BCUT2D eigenvalue weighted by Crippen LogP contribution is 2.42. The van der Waals surface area contributed by atoms with E-state index in [2.05, 4.69) is 25.0 Å². The first kappa shape index (κ1) is 23.6. The molecule has 1 fully saturated rings. The van der Waals surface area contributed by atoms with Gasteiger partial charge >= 0.3 is 12.4 Å². The molecule has 34 heavy (non-hydrogen) atoms. The summed E-state index contributed by atoms with van der Waals surface area (Å²) in [6, 6.07) is 1.37. The van der Waals surface area contributed by atoms with E-state index in [1.54, 1.807) is 0 Å². The molecule has 182 valence electrons. The van der Waals surface area contributed by atoms with Gasteiger partial charge in [0.05, 0.1) is 0 Å². The van der Waals surface area contributed by atoms with E-state index < -0.39 is 66.4 Å². The van der Waals surface area contributed by atoms with Crippen LogP contribution in [0.4, 0.5) is 52.7 Å². The maximum absolute atomic E-state index is 14.0.